The Labute approximate surface area is 138 Å². The molecule has 1 nitrogen and oxygen atoms in total. The van der Waals surface area contributed by atoms with Gasteiger partial charge in [-0.05, 0) is 36.4 Å². The van der Waals surface area contributed by atoms with E-state index in [0.29, 0.717) is 6.10 Å². The predicted molar refractivity (Wildman–Crippen MR) is 99.8 cm³/mol. The molecule has 2 heteroatoms. The fourth-order valence-electron chi connectivity index (χ4n) is 3.29. The zero-order chi connectivity index (χ0) is 15.5. The molecule has 1 aliphatic heterocycles. The number of ether oxygens (including phenoxy) is 1. The summed E-state index contributed by atoms with van der Waals surface area (Å²) in [4.78, 5) is 0. The van der Waals surface area contributed by atoms with E-state index < -0.39 is 7.26 Å². The molecule has 0 spiro atoms. The van der Waals surface area contributed by atoms with Crippen molar-refractivity contribution in [2.45, 2.75) is 6.10 Å². The Kier molecular flexibility index (Phi) is 3.99. The van der Waals surface area contributed by atoms with Crippen molar-refractivity contribution in [2.24, 2.45) is 0 Å². The van der Waals surface area contributed by atoms with E-state index in [1.807, 2.05) is 0 Å². The van der Waals surface area contributed by atoms with Crippen LogP contribution in [0.4, 0.5) is 0 Å². The minimum Gasteiger partial charge on any atom is -0.369 e. The van der Waals surface area contributed by atoms with E-state index in [1.54, 1.807) is 0 Å². The van der Waals surface area contributed by atoms with Gasteiger partial charge in [-0.25, -0.2) is 0 Å². The summed E-state index contributed by atoms with van der Waals surface area (Å²) < 4.78 is 5.66. The predicted octanol–water partition coefficient (Wildman–Crippen LogP) is 3.38. The number of benzene rings is 3. The highest BCUT2D eigenvalue weighted by molar-refractivity contribution is 7.95. The number of hydrogen-bond acceptors (Lipinski definition) is 1. The quantitative estimate of drug-likeness (QED) is 0.519. The molecular formula is C21H20OP+. The van der Waals surface area contributed by atoms with Gasteiger partial charge in [0.05, 0.1) is 6.61 Å². The molecule has 0 amide bonds. The smallest absolute Gasteiger partial charge is 0.116 e. The Morgan fingerprint density at radius 3 is 1.30 bits per heavy atom. The van der Waals surface area contributed by atoms with Gasteiger partial charge in [0.2, 0.25) is 0 Å². The summed E-state index contributed by atoms with van der Waals surface area (Å²) >= 11 is 0. The van der Waals surface area contributed by atoms with Crippen molar-refractivity contribution in [3.63, 3.8) is 0 Å². The van der Waals surface area contributed by atoms with Crippen LogP contribution in [0.2, 0.25) is 0 Å². The van der Waals surface area contributed by atoms with Gasteiger partial charge in [0.15, 0.2) is 0 Å². The minimum absolute atomic E-state index is 0.393. The topological polar surface area (TPSA) is 12.5 Å². The first-order chi connectivity index (χ1) is 11.4. The highest BCUT2D eigenvalue weighted by Gasteiger charge is 2.49. The third-order valence-electron chi connectivity index (χ3n) is 4.47. The van der Waals surface area contributed by atoms with Gasteiger partial charge in [0.1, 0.15) is 35.4 Å². The number of hydrogen-bond donors (Lipinski definition) is 0. The molecule has 1 heterocycles. The van der Waals surface area contributed by atoms with Crippen molar-refractivity contribution in [1.29, 1.82) is 0 Å². The molecule has 0 aliphatic carbocycles. The molecule has 0 bridgehead atoms. The van der Waals surface area contributed by atoms with Crippen LogP contribution < -0.4 is 15.9 Å². The van der Waals surface area contributed by atoms with Gasteiger partial charge in [0.25, 0.3) is 0 Å². The highest BCUT2D eigenvalue weighted by atomic mass is 31.2. The lowest BCUT2D eigenvalue weighted by Crippen LogP contribution is -2.34. The summed E-state index contributed by atoms with van der Waals surface area (Å²) in [5, 5.41) is 4.31. The molecular weight excluding hydrogens is 299 g/mol. The van der Waals surface area contributed by atoms with Crippen LogP contribution in [0, 0.1) is 0 Å². The van der Waals surface area contributed by atoms with Crippen molar-refractivity contribution in [3.8, 4) is 0 Å². The van der Waals surface area contributed by atoms with Crippen LogP contribution in [-0.2, 0) is 4.74 Å². The van der Waals surface area contributed by atoms with Gasteiger partial charge in [0, 0.05) is 0 Å². The van der Waals surface area contributed by atoms with E-state index in [4.69, 9.17) is 4.74 Å². The maximum Gasteiger partial charge on any atom is 0.116 e. The Morgan fingerprint density at radius 1 is 0.652 bits per heavy atom. The number of rotatable bonds is 5. The van der Waals surface area contributed by atoms with Crippen LogP contribution >= 0.6 is 7.26 Å². The fraction of sp³-hybridized carbons (Fsp3) is 0.143. The summed E-state index contributed by atoms with van der Waals surface area (Å²) in [6.45, 7) is 0.897. The van der Waals surface area contributed by atoms with E-state index >= 15 is 0 Å². The van der Waals surface area contributed by atoms with Gasteiger partial charge >= 0.3 is 0 Å². The Balaban J connectivity index is 1.97. The summed E-state index contributed by atoms with van der Waals surface area (Å²) in [6, 6.07) is 33.0. The van der Waals surface area contributed by atoms with Crippen LogP contribution in [0.15, 0.2) is 91.0 Å². The largest absolute Gasteiger partial charge is 0.369 e. The molecule has 3 aromatic carbocycles. The first kappa shape index (κ1) is 14.6. The molecule has 1 atom stereocenters. The average Bonchev–Trinajstić information content (AvgIpc) is 3.46. The van der Waals surface area contributed by atoms with Crippen LogP contribution in [0.25, 0.3) is 0 Å². The second-order valence-electron chi connectivity index (χ2n) is 5.95. The van der Waals surface area contributed by atoms with Gasteiger partial charge in [-0.3, -0.25) is 0 Å². The Hall–Kier alpha value is -1.95. The molecule has 1 fully saturated rings. The molecule has 1 saturated heterocycles. The van der Waals surface area contributed by atoms with Crippen molar-refractivity contribution in [2.75, 3.05) is 12.8 Å². The van der Waals surface area contributed by atoms with Crippen molar-refractivity contribution < 1.29 is 4.74 Å². The fourth-order valence-corrected chi connectivity index (χ4v) is 7.68. The molecule has 23 heavy (non-hydrogen) atoms. The van der Waals surface area contributed by atoms with Crippen LogP contribution in [0.5, 0.6) is 0 Å². The SMILES string of the molecule is c1ccc([P+](CC2CO2)(c2ccccc2)c2ccccc2)cc1. The van der Waals surface area contributed by atoms with Crippen molar-refractivity contribution in [3.05, 3.63) is 91.0 Å². The maximum atomic E-state index is 5.66. The van der Waals surface area contributed by atoms with Crippen LogP contribution in [0.3, 0.4) is 0 Å². The summed E-state index contributed by atoms with van der Waals surface area (Å²) in [5.41, 5.74) is 0. The van der Waals surface area contributed by atoms with E-state index in [0.717, 1.165) is 12.8 Å². The molecule has 0 radical (unpaired) electrons. The van der Waals surface area contributed by atoms with E-state index in [-0.39, 0.29) is 0 Å². The molecule has 4 rings (SSSR count). The zero-order valence-corrected chi connectivity index (χ0v) is 13.9. The van der Waals surface area contributed by atoms with Gasteiger partial charge in [-0.1, -0.05) is 54.6 Å². The van der Waals surface area contributed by atoms with Crippen molar-refractivity contribution >= 4 is 23.2 Å². The third kappa shape index (κ3) is 2.83. The summed E-state index contributed by atoms with van der Waals surface area (Å²) in [5.74, 6) is 0. The molecule has 1 unspecified atom stereocenters. The van der Waals surface area contributed by atoms with Gasteiger partial charge < -0.3 is 4.74 Å². The monoisotopic (exact) mass is 319 g/mol. The van der Waals surface area contributed by atoms with Crippen LogP contribution in [0.1, 0.15) is 0 Å². The lowest BCUT2D eigenvalue weighted by Gasteiger charge is -2.27. The molecule has 3 aromatic rings. The van der Waals surface area contributed by atoms with E-state index in [1.165, 1.54) is 15.9 Å². The first-order valence-corrected chi connectivity index (χ1v) is 10.0. The number of epoxide rings is 1. The lowest BCUT2D eigenvalue weighted by molar-refractivity contribution is 0.425. The second-order valence-corrected chi connectivity index (χ2v) is 9.49. The minimum atomic E-state index is -1.67. The molecule has 0 aromatic heterocycles. The normalized spacial score (nSPS) is 17.0. The summed E-state index contributed by atoms with van der Waals surface area (Å²) in [7, 11) is -1.67. The Morgan fingerprint density at radius 2 is 1.00 bits per heavy atom. The zero-order valence-electron chi connectivity index (χ0n) is 13.0. The maximum absolute atomic E-state index is 5.66. The van der Waals surface area contributed by atoms with E-state index in [2.05, 4.69) is 91.0 Å². The Bertz CT molecular complexity index is 655. The third-order valence-corrected chi connectivity index (χ3v) is 8.96. The highest BCUT2D eigenvalue weighted by Crippen LogP contribution is 2.57. The van der Waals surface area contributed by atoms with Gasteiger partial charge in [-0.15, -0.1) is 0 Å². The first-order valence-electron chi connectivity index (χ1n) is 8.06. The average molecular weight is 319 g/mol. The van der Waals surface area contributed by atoms with Crippen LogP contribution in [-0.4, -0.2) is 18.9 Å². The molecule has 114 valence electrons. The molecule has 0 saturated carbocycles. The lowest BCUT2D eigenvalue weighted by atomic mass is 10.4. The molecule has 1 aliphatic rings. The van der Waals surface area contributed by atoms with E-state index in [9.17, 15) is 0 Å². The molecule has 0 N–H and O–H groups in total. The standard InChI is InChI=1S/C21H20OP/c1-4-10-19(11-5-1)23(17-18-16-22-18,20-12-6-2-7-13-20)21-14-8-3-9-15-21/h1-15,18H,16-17H2/q+1. The van der Waals surface area contributed by atoms with Gasteiger partial charge in [-0.2, -0.15) is 0 Å². The second kappa shape index (κ2) is 6.28. The summed E-state index contributed by atoms with van der Waals surface area (Å²) in [6.07, 6.45) is 1.48. The van der Waals surface area contributed by atoms with Crippen molar-refractivity contribution in [1.82, 2.24) is 0 Å².